The predicted octanol–water partition coefficient (Wildman–Crippen LogP) is 3.51. The van der Waals surface area contributed by atoms with Crippen molar-refractivity contribution in [1.82, 2.24) is 14.8 Å². The summed E-state index contributed by atoms with van der Waals surface area (Å²) in [4.78, 5) is 12.3. The van der Waals surface area contributed by atoms with Gasteiger partial charge in [0.25, 0.3) is 0 Å². The van der Waals surface area contributed by atoms with Gasteiger partial charge in [-0.1, -0.05) is 42.1 Å². The Hall–Kier alpha value is -2.80. The van der Waals surface area contributed by atoms with E-state index in [1.54, 1.807) is 10.9 Å². The Kier molecular flexibility index (Phi) is 5.91. The minimum Gasteiger partial charge on any atom is -0.489 e. The molecule has 0 aliphatic rings. The van der Waals surface area contributed by atoms with E-state index in [-0.39, 0.29) is 11.2 Å². The van der Waals surface area contributed by atoms with E-state index < -0.39 is 0 Å². The fraction of sp³-hybridized carbons (Fsp3) is 0.211. The third-order valence-corrected chi connectivity index (χ3v) is 4.84. The number of thioether (sulfide) groups is 1. The molecule has 1 heterocycles. The molecule has 3 rings (SSSR count). The minimum absolute atomic E-state index is 0.0871. The third-order valence-electron chi connectivity index (χ3n) is 3.69. The number of carbonyl (C=O) groups is 1. The summed E-state index contributed by atoms with van der Waals surface area (Å²) in [7, 11) is 1.85. The van der Waals surface area contributed by atoms with Gasteiger partial charge in [0.15, 0.2) is 5.16 Å². The third kappa shape index (κ3) is 4.86. The van der Waals surface area contributed by atoms with Gasteiger partial charge in [-0.15, -0.1) is 10.2 Å². The van der Waals surface area contributed by atoms with E-state index in [9.17, 15) is 4.79 Å². The number of hydrogen-bond acceptors (Lipinski definition) is 5. The maximum Gasteiger partial charge on any atom is 0.237 e. The Balaban J connectivity index is 1.51. The summed E-state index contributed by atoms with van der Waals surface area (Å²) >= 11 is 1.37. The van der Waals surface area contributed by atoms with Gasteiger partial charge >= 0.3 is 0 Å². The summed E-state index contributed by atoms with van der Waals surface area (Å²) in [5.41, 5.74) is 1.84. The lowest BCUT2D eigenvalue weighted by Crippen LogP contribution is -2.22. The summed E-state index contributed by atoms with van der Waals surface area (Å²) in [6, 6.07) is 17.3. The van der Waals surface area contributed by atoms with Crippen LogP contribution in [0.25, 0.3) is 0 Å². The molecule has 0 fully saturated rings. The number of ether oxygens (including phenoxy) is 1. The zero-order chi connectivity index (χ0) is 18.4. The Morgan fingerprint density at radius 3 is 2.58 bits per heavy atom. The average molecular weight is 368 g/mol. The summed E-state index contributed by atoms with van der Waals surface area (Å²) in [6.45, 7) is 2.35. The van der Waals surface area contributed by atoms with Crippen LogP contribution in [0.2, 0.25) is 0 Å². The van der Waals surface area contributed by atoms with E-state index in [0.29, 0.717) is 11.8 Å². The molecule has 0 aliphatic heterocycles. The smallest absolute Gasteiger partial charge is 0.237 e. The first-order valence-electron chi connectivity index (χ1n) is 8.20. The molecule has 0 saturated carbocycles. The molecule has 0 radical (unpaired) electrons. The van der Waals surface area contributed by atoms with Gasteiger partial charge in [-0.3, -0.25) is 4.79 Å². The second-order valence-electron chi connectivity index (χ2n) is 5.77. The fourth-order valence-electron chi connectivity index (χ4n) is 2.21. The van der Waals surface area contributed by atoms with Crippen LogP contribution in [-0.2, 0) is 18.4 Å². The molecule has 1 amide bonds. The number of aryl methyl sites for hydroxylation is 1. The van der Waals surface area contributed by atoms with Crippen molar-refractivity contribution in [3.63, 3.8) is 0 Å². The highest BCUT2D eigenvalue weighted by Gasteiger charge is 2.17. The van der Waals surface area contributed by atoms with E-state index in [1.807, 2.05) is 68.6 Å². The molecule has 26 heavy (non-hydrogen) atoms. The van der Waals surface area contributed by atoms with Crippen LogP contribution in [0.5, 0.6) is 5.75 Å². The number of amides is 1. The highest BCUT2D eigenvalue weighted by Crippen LogP contribution is 2.22. The Morgan fingerprint density at radius 1 is 1.19 bits per heavy atom. The molecule has 6 nitrogen and oxygen atoms in total. The zero-order valence-electron chi connectivity index (χ0n) is 14.6. The van der Waals surface area contributed by atoms with E-state index in [4.69, 9.17) is 4.74 Å². The average Bonchev–Trinajstić information content (AvgIpc) is 3.06. The monoisotopic (exact) mass is 368 g/mol. The van der Waals surface area contributed by atoms with Gasteiger partial charge in [-0.25, -0.2) is 0 Å². The molecule has 3 aromatic rings. The fourth-order valence-corrected chi connectivity index (χ4v) is 3.00. The molecule has 0 spiro atoms. The van der Waals surface area contributed by atoms with Gasteiger partial charge in [0.1, 0.15) is 18.7 Å². The van der Waals surface area contributed by atoms with E-state index in [1.165, 1.54) is 11.8 Å². The molecule has 134 valence electrons. The first-order valence-corrected chi connectivity index (χ1v) is 9.08. The lowest BCUT2D eigenvalue weighted by atomic mass is 10.2. The van der Waals surface area contributed by atoms with Gasteiger partial charge in [0, 0.05) is 12.7 Å². The van der Waals surface area contributed by atoms with E-state index >= 15 is 0 Å². The second kappa shape index (κ2) is 8.53. The van der Waals surface area contributed by atoms with Gasteiger partial charge in [0.05, 0.1) is 5.25 Å². The van der Waals surface area contributed by atoms with Crippen LogP contribution >= 0.6 is 11.8 Å². The lowest BCUT2D eigenvalue weighted by molar-refractivity contribution is -0.115. The summed E-state index contributed by atoms with van der Waals surface area (Å²) < 4.78 is 7.53. The molecule has 0 unspecified atom stereocenters. The first-order chi connectivity index (χ1) is 12.6. The molecule has 0 bridgehead atoms. The first kappa shape index (κ1) is 18.0. The van der Waals surface area contributed by atoms with Crippen molar-refractivity contribution in [3.8, 4) is 5.75 Å². The highest BCUT2D eigenvalue weighted by atomic mass is 32.2. The van der Waals surface area contributed by atoms with Crippen LogP contribution < -0.4 is 10.1 Å². The van der Waals surface area contributed by atoms with Gasteiger partial charge in [0.2, 0.25) is 5.91 Å². The van der Waals surface area contributed by atoms with Crippen LogP contribution in [0.4, 0.5) is 5.69 Å². The molecular formula is C19H20N4O2S. The van der Waals surface area contributed by atoms with Gasteiger partial charge in [-0.05, 0) is 36.8 Å². The molecule has 1 atom stereocenters. The number of carbonyl (C=O) groups excluding carboxylic acids is 1. The van der Waals surface area contributed by atoms with Crippen molar-refractivity contribution in [1.29, 1.82) is 0 Å². The normalized spacial score (nSPS) is 11.8. The summed E-state index contributed by atoms with van der Waals surface area (Å²) in [6.07, 6.45) is 1.61. The summed E-state index contributed by atoms with van der Waals surface area (Å²) in [5.74, 6) is 0.671. The predicted molar refractivity (Wildman–Crippen MR) is 102 cm³/mol. The van der Waals surface area contributed by atoms with Crippen molar-refractivity contribution in [3.05, 3.63) is 66.5 Å². The Morgan fingerprint density at radius 2 is 1.92 bits per heavy atom. The van der Waals surface area contributed by atoms with Crippen LogP contribution in [0.1, 0.15) is 12.5 Å². The lowest BCUT2D eigenvalue weighted by Gasteiger charge is -2.12. The SMILES string of the molecule is C[C@@H](Sc1nncn1C)C(=O)Nc1ccc(OCc2ccccc2)cc1. The molecule has 1 N–H and O–H groups in total. The molecule has 0 aliphatic carbocycles. The molecule has 0 saturated heterocycles. The van der Waals surface area contributed by atoms with Crippen LogP contribution in [0, 0.1) is 0 Å². The van der Waals surface area contributed by atoms with Crippen molar-refractivity contribution in [2.45, 2.75) is 23.9 Å². The topological polar surface area (TPSA) is 69.0 Å². The standard InChI is InChI=1S/C19H20N4O2S/c1-14(26-19-22-20-13-23(19)2)18(24)21-16-8-10-17(11-9-16)25-12-15-6-4-3-5-7-15/h3-11,13-14H,12H2,1-2H3,(H,21,24)/t14-/m1/s1. The molecule has 7 heteroatoms. The van der Waals surface area contributed by atoms with Crippen LogP contribution in [-0.4, -0.2) is 25.9 Å². The number of hydrogen-bond donors (Lipinski definition) is 1. The molecule has 1 aromatic heterocycles. The number of nitrogens with one attached hydrogen (secondary N) is 1. The number of rotatable bonds is 7. The summed E-state index contributed by atoms with van der Waals surface area (Å²) in [5, 5.41) is 11.1. The molecular weight excluding hydrogens is 348 g/mol. The van der Waals surface area contributed by atoms with Crippen LogP contribution in [0.3, 0.4) is 0 Å². The Bertz CT molecular complexity index is 849. The van der Waals surface area contributed by atoms with Crippen molar-refractivity contribution >= 4 is 23.4 Å². The number of anilines is 1. The Labute approximate surface area is 156 Å². The van der Waals surface area contributed by atoms with Crippen molar-refractivity contribution in [2.75, 3.05) is 5.32 Å². The second-order valence-corrected chi connectivity index (χ2v) is 7.08. The zero-order valence-corrected chi connectivity index (χ0v) is 15.4. The molecule has 2 aromatic carbocycles. The van der Waals surface area contributed by atoms with Crippen LogP contribution in [0.15, 0.2) is 66.1 Å². The van der Waals surface area contributed by atoms with Gasteiger partial charge in [-0.2, -0.15) is 0 Å². The van der Waals surface area contributed by atoms with E-state index in [2.05, 4.69) is 15.5 Å². The largest absolute Gasteiger partial charge is 0.489 e. The highest BCUT2D eigenvalue weighted by molar-refractivity contribution is 8.00. The van der Waals surface area contributed by atoms with Gasteiger partial charge < -0.3 is 14.6 Å². The maximum absolute atomic E-state index is 12.3. The maximum atomic E-state index is 12.3. The number of aromatic nitrogens is 3. The quantitative estimate of drug-likeness (QED) is 0.646. The number of benzene rings is 2. The minimum atomic E-state index is -0.285. The van der Waals surface area contributed by atoms with E-state index in [0.717, 1.165) is 17.0 Å². The van der Waals surface area contributed by atoms with Crippen molar-refractivity contribution in [2.24, 2.45) is 7.05 Å². The van der Waals surface area contributed by atoms with Crippen molar-refractivity contribution < 1.29 is 9.53 Å². The number of nitrogens with zero attached hydrogens (tertiary/aromatic N) is 3.